The number of aromatic hydroxyl groups is 1. The van der Waals surface area contributed by atoms with Crippen molar-refractivity contribution in [3.63, 3.8) is 0 Å². The summed E-state index contributed by atoms with van der Waals surface area (Å²) in [5.74, 6) is 0.937. The molecule has 2 fully saturated rings. The zero-order valence-electron chi connectivity index (χ0n) is 14.6. The fourth-order valence-electron chi connectivity index (χ4n) is 3.70. The van der Waals surface area contributed by atoms with E-state index in [0.29, 0.717) is 11.7 Å². The van der Waals surface area contributed by atoms with Gasteiger partial charge < -0.3 is 10.0 Å². The summed E-state index contributed by atoms with van der Waals surface area (Å²) in [6.45, 7) is 4.74. The first-order chi connectivity index (χ1) is 12.8. The van der Waals surface area contributed by atoms with Crippen molar-refractivity contribution in [3.05, 3.63) is 47.9 Å². The number of aromatic nitrogens is 4. The van der Waals surface area contributed by atoms with Gasteiger partial charge in [-0.05, 0) is 36.6 Å². The summed E-state index contributed by atoms with van der Waals surface area (Å²) in [6.07, 6.45) is 4.17. The quantitative estimate of drug-likeness (QED) is 0.776. The van der Waals surface area contributed by atoms with E-state index < -0.39 is 0 Å². The van der Waals surface area contributed by atoms with Gasteiger partial charge >= 0.3 is 0 Å². The maximum absolute atomic E-state index is 9.64. The number of phenolic OH excluding ortho intramolecular Hbond substituents is 1. The fourth-order valence-corrected chi connectivity index (χ4v) is 3.70. The topological polar surface area (TPSA) is 69.8 Å². The smallest absolute Gasteiger partial charge is 0.200 e. The van der Waals surface area contributed by atoms with E-state index in [0.717, 1.165) is 55.3 Å². The second-order valence-corrected chi connectivity index (χ2v) is 7.26. The van der Waals surface area contributed by atoms with Crippen LogP contribution in [0.3, 0.4) is 0 Å². The van der Waals surface area contributed by atoms with Gasteiger partial charge in [0.15, 0.2) is 0 Å². The van der Waals surface area contributed by atoms with Crippen LogP contribution in [0.15, 0.2) is 36.7 Å². The minimum atomic E-state index is 0.333. The summed E-state index contributed by atoms with van der Waals surface area (Å²) in [5.41, 5.74) is 4.31. The van der Waals surface area contributed by atoms with Gasteiger partial charge in [0.05, 0.1) is 11.4 Å². The van der Waals surface area contributed by atoms with E-state index in [2.05, 4.69) is 37.2 Å². The Balaban J connectivity index is 1.32. The number of anilines is 1. The predicted octanol–water partition coefficient (Wildman–Crippen LogP) is 2.03. The maximum Gasteiger partial charge on any atom is 0.200 e. The third kappa shape index (κ3) is 2.99. The standard InChI is InChI=1S/C19H22N6O/c26-16-3-1-2-14(10-16)12-23-6-8-24(9-7-23)18-11-17(15-4-5-15)22-25-13-20-21-19(18)25/h1-3,10-11,13,15,26H,4-9,12H2. The van der Waals surface area contributed by atoms with E-state index in [1.165, 1.54) is 12.8 Å². The molecular formula is C19H22N6O. The molecule has 1 N–H and O–H groups in total. The molecule has 0 radical (unpaired) electrons. The van der Waals surface area contributed by atoms with Gasteiger partial charge in [-0.2, -0.15) is 9.61 Å². The lowest BCUT2D eigenvalue weighted by Crippen LogP contribution is -2.46. The molecule has 0 unspecified atom stereocenters. The van der Waals surface area contributed by atoms with Crippen molar-refractivity contribution >= 4 is 11.3 Å². The molecule has 2 aliphatic rings. The lowest BCUT2D eigenvalue weighted by Gasteiger charge is -2.36. The second kappa shape index (κ2) is 6.25. The van der Waals surface area contributed by atoms with E-state index in [-0.39, 0.29) is 0 Å². The molecule has 0 bridgehead atoms. The molecule has 1 aromatic carbocycles. The molecule has 1 saturated heterocycles. The van der Waals surface area contributed by atoms with Gasteiger partial charge in [-0.1, -0.05) is 12.1 Å². The summed E-state index contributed by atoms with van der Waals surface area (Å²) in [5, 5.41) is 22.6. The lowest BCUT2D eigenvalue weighted by atomic mass is 10.1. The van der Waals surface area contributed by atoms with Crippen molar-refractivity contribution in [2.45, 2.75) is 25.3 Å². The Morgan fingerprint density at radius 1 is 1.08 bits per heavy atom. The fraction of sp³-hybridized carbons (Fsp3) is 0.421. The van der Waals surface area contributed by atoms with Crippen LogP contribution in [0.25, 0.3) is 5.65 Å². The van der Waals surface area contributed by atoms with Gasteiger partial charge in [-0.15, -0.1) is 10.2 Å². The van der Waals surface area contributed by atoms with Gasteiger partial charge in [0.2, 0.25) is 5.65 Å². The monoisotopic (exact) mass is 350 g/mol. The summed E-state index contributed by atoms with van der Waals surface area (Å²) in [4.78, 5) is 4.83. The molecule has 3 heterocycles. The van der Waals surface area contributed by atoms with Crippen LogP contribution >= 0.6 is 0 Å². The molecule has 1 aliphatic heterocycles. The van der Waals surface area contributed by atoms with Crippen molar-refractivity contribution < 1.29 is 5.11 Å². The second-order valence-electron chi connectivity index (χ2n) is 7.26. The highest BCUT2D eigenvalue weighted by molar-refractivity contribution is 5.68. The number of piperazine rings is 1. The van der Waals surface area contributed by atoms with E-state index in [1.807, 2.05) is 16.6 Å². The molecule has 5 rings (SSSR count). The Morgan fingerprint density at radius 3 is 2.69 bits per heavy atom. The number of rotatable bonds is 4. The van der Waals surface area contributed by atoms with E-state index >= 15 is 0 Å². The molecule has 1 saturated carbocycles. The van der Waals surface area contributed by atoms with Gasteiger partial charge in [0.25, 0.3) is 0 Å². The van der Waals surface area contributed by atoms with Crippen molar-refractivity contribution in [2.75, 3.05) is 31.1 Å². The van der Waals surface area contributed by atoms with Crippen LogP contribution in [0.2, 0.25) is 0 Å². The molecule has 7 nitrogen and oxygen atoms in total. The van der Waals surface area contributed by atoms with Gasteiger partial charge in [0.1, 0.15) is 12.1 Å². The van der Waals surface area contributed by atoms with Crippen LogP contribution < -0.4 is 4.90 Å². The zero-order valence-corrected chi connectivity index (χ0v) is 14.6. The predicted molar refractivity (Wildman–Crippen MR) is 98.4 cm³/mol. The van der Waals surface area contributed by atoms with Crippen molar-refractivity contribution in [1.82, 2.24) is 24.7 Å². The van der Waals surface area contributed by atoms with E-state index in [1.54, 1.807) is 12.4 Å². The molecule has 3 aromatic rings. The number of nitrogens with zero attached hydrogens (tertiary/aromatic N) is 6. The van der Waals surface area contributed by atoms with Crippen LogP contribution in [0.5, 0.6) is 5.75 Å². The summed E-state index contributed by atoms with van der Waals surface area (Å²) < 4.78 is 1.82. The first-order valence-corrected chi connectivity index (χ1v) is 9.22. The van der Waals surface area contributed by atoms with Gasteiger partial charge in [-0.25, -0.2) is 0 Å². The highest BCUT2D eigenvalue weighted by atomic mass is 16.3. The maximum atomic E-state index is 9.64. The average Bonchev–Trinajstić information content (AvgIpc) is 3.39. The third-order valence-corrected chi connectivity index (χ3v) is 5.29. The van der Waals surface area contributed by atoms with Crippen molar-refractivity contribution in [2.24, 2.45) is 0 Å². The largest absolute Gasteiger partial charge is 0.508 e. The molecule has 0 atom stereocenters. The SMILES string of the molecule is Oc1cccc(CN2CCN(c3cc(C4CC4)nn4cnnc34)CC2)c1. The van der Waals surface area contributed by atoms with E-state index in [4.69, 9.17) is 0 Å². The third-order valence-electron chi connectivity index (χ3n) is 5.29. The van der Waals surface area contributed by atoms with Gasteiger partial charge in [-0.3, -0.25) is 4.90 Å². The summed E-state index contributed by atoms with van der Waals surface area (Å²) >= 11 is 0. The highest BCUT2D eigenvalue weighted by Crippen LogP contribution is 2.40. The van der Waals surface area contributed by atoms with Crippen molar-refractivity contribution in [1.29, 1.82) is 0 Å². The lowest BCUT2D eigenvalue weighted by molar-refractivity contribution is 0.249. The van der Waals surface area contributed by atoms with Crippen LogP contribution in [0.1, 0.15) is 30.0 Å². The van der Waals surface area contributed by atoms with Crippen LogP contribution in [-0.2, 0) is 6.54 Å². The molecule has 26 heavy (non-hydrogen) atoms. The molecule has 134 valence electrons. The van der Waals surface area contributed by atoms with Crippen LogP contribution in [-0.4, -0.2) is 56.0 Å². The first kappa shape index (κ1) is 15.6. The van der Waals surface area contributed by atoms with Crippen molar-refractivity contribution in [3.8, 4) is 5.75 Å². The Morgan fingerprint density at radius 2 is 1.92 bits per heavy atom. The van der Waals surface area contributed by atoms with Gasteiger partial charge in [0, 0.05) is 38.6 Å². The Bertz CT molecular complexity index is 927. The Kier molecular flexibility index (Phi) is 3.74. The molecule has 2 aromatic heterocycles. The first-order valence-electron chi connectivity index (χ1n) is 9.22. The minimum Gasteiger partial charge on any atom is -0.508 e. The van der Waals surface area contributed by atoms with Crippen LogP contribution in [0.4, 0.5) is 5.69 Å². The molecule has 0 amide bonds. The number of hydrogen-bond acceptors (Lipinski definition) is 6. The highest BCUT2D eigenvalue weighted by Gasteiger charge is 2.28. The molecular weight excluding hydrogens is 328 g/mol. The minimum absolute atomic E-state index is 0.333. The Hall–Kier alpha value is -2.67. The summed E-state index contributed by atoms with van der Waals surface area (Å²) in [7, 11) is 0. The average molecular weight is 350 g/mol. The van der Waals surface area contributed by atoms with Crippen LogP contribution in [0, 0.1) is 0 Å². The Labute approximate surface area is 151 Å². The number of hydrogen-bond donors (Lipinski definition) is 1. The normalized spacial score (nSPS) is 18.5. The number of fused-ring (bicyclic) bond motifs is 1. The zero-order chi connectivity index (χ0) is 17.5. The molecule has 0 spiro atoms. The number of benzene rings is 1. The summed E-state index contributed by atoms with van der Waals surface area (Å²) in [6, 6.07) is 9.74. The molecule has 1 aliphatic carbocycles. The van der Waals surface area contributed by atoms with E-state index in [9.17, 15) is 5.11 Å². The number of phenols is 1. The molecule has 7 heteroatoms.